The molecule has 0 N–H and O–H groups in total. The zero-order valence-electron chi connectivity index (χ0n) is 15.4. The average Bonchev–Trinajstić information content (AvgIpc) is 2.63. The number of fused-ring (bicyclic) bond motifs is 3. The first-order valence-electron chi connectivity index (χ1n) is 10.1. The summed E-state index contributed by atoms with van der Waals surface area (Å²) in [5, 5.41) is 0. The maximum atomic E-state index is 6.14. The average molecular weight is 347 g/mol. The lowest BCUT2D eigenvalue weighted by Gasteiger charge is -2.53. The Morgan fingerprint density at radius 3 is 2.04 bits per heavy atom. The largest absolute Gasteiger partial charge is 0.493 e. The minimum atomic E-state index is 0.462. The highest BCUT2D eigenvalue weighted by Crippen LogP contribution is 2.58. The molecule has 3 aliphatic carbocycles. The van der Waals surface area contributed by atoms with E-state index in [0.29, 0.717) is 10.8 Å². The Hall–Kier alpha value is -0.630. The summed E-state index contributed by atoms with van der Waals surface area (Å²) in [7, 11) is 0. The first kappa shape index (κ1) is 18.2. The van der Waals surface area contributed by atoms with Gasteiger partial charge in [0.1, 0.15) is 5.75 Å². The summed E-state index contributed by atoms with van der Waals surface area (Å²) in [5.41, 5.74) is 1.16. The summed E-state index contributed by atoms with van der Waals surface area (Å²) in [6.07, 6.45) is 17.1. The molecule has 0 unspecified atom stereocenters. The van der Waals surface area contributed by atoms with Crippen LogP contribution in [0.25, 0.3) is 0 Å². The van der Waals surface area contributed by atoms with E-state index in [-0.39, 0.29) is 0 Å². The van der Waals surface area contributed by atoms with Crippen LogP contribution in [0.5, 0.6) is 5.75 Å². The Kier molecular flexibility index (Phi) is 6.18. The molecule has 1 aromatic carbocycles. The SMILES string of the molecule is CCCCCCCC12CCC(COc3ccc(S)cc3)(CC1)CC2. The highest BCUT2D eigenvalue weighted by Gasteiger charge is 2.48. The van der Waals surface area contributed by atoms with Crippen LogP contribution in [0.4, 0.5) is 0 Å². The van der Waals surface area contributed by atoms with Crippen molar-refractivity contribution >= 4 is 12.6 Å². The highest BCUT2D eigenvalue weighted by molar-refractivity contribution is 7.80. The van der Waals surface area contributed by atoms with Gasteiger partial charge in [0, 0.05) is 10.3 Å². The van der Waals surface area contributed by atoms with E-state index in [1.54, 1.807) is 0 Å². The van der Waals surface area contributed by atoms with E-state index in [9.17, 15) is 0 Å². The molecule has 0 radical (unpaired) electrons. The molecule has 0 aromatic heterocycles. The Balaban J connectivity index is 1.44. The van der Waals surface area contributed by atoms with E-state index in [4.69, 9.17) is 4.74 Å². The lowest BCUT2D eigenvalue weighted by Crippen LogP contribution is -2.44. The molecule has 0 atom stereocenters. The molecular weight excluding hydrogens is 312 g/mol. The third-order valence-electron chi connectivity index (χ3n) is 6.75. The van der Waals surface area contributed by atoms with Crippen LogP contribution in [0, 0.1) is 10.8 Å². The van der Waals surface area contributed by atoms with Crippen molar-refractivity contribution in [1.29, 1.82) is 0 Å². The molecule has 2 heteroatoms. The van der Waals surface area contributed by atoms with E-state index >= 15 is 0 Å². The van der Waals surface area contributed by atoms with Gasteiger partial charge in [0.05, 0.1) is 6.61 Å². The molecule has 3 aliphatic rings. The van der Waals surface area contributed by atoms with Gasteiger partial charge in [-0.15, -0.1) is 12.6 Å². The molecule has 0 aliphatic heterocycles. The maximum Gasteiger partial charge on any atom is 0.119 e. The van der Waals surface area contributed by atoms with Crippen LogP contribution in [-0.4, -0.2) is 6.61 Å². The van der Waals surface area contributed by atoms with Crippen molar-refractivity contribution in [2.45, 2.75) is 88.9 Å². The van der Waals surface area contributed by atoms with E-state index < -0.39 is 0 Å². The molecule has 0 spiro atoms. The molecule has 4 rings (SSSR count). The summed E-state index contributed by atoms with van der Waals surface area (Å²) in [6, 6.07) is 8.12. The second-order valence-electron chi connectivity index (χ2n) is 8.45. The highest BCUT2D eigenvalue weighted by atomic mass is 32.1. The van der Waals surface area contributed by atoms with Gasteiger partial charge in [0.15, 0.2) is 0 Å². The maximum absolute atomic E-state index is 6.14. The number of ether oxygens (including phenoxy) is 1. The predicted molar refractivity (Wildman–Crippen MR) is 105 cm³/mol. The lowest BCUT2D eigenvalue weighted by molar-refractivity contribution is -0.0409. The van der Waals surface area contributed by atoms with Crippen LogP contribution >= 0.6 is 12.6 Å². The molecule has 2 bridgehead atoms. The fraction of sp³-hybridized carbons (Fsp3) is 0.727. The van der Waals surface area contributed by atoms with Crippen molar-refractivity contribution in [3.8, 4) is 5.75 Å². The molecule has 0 heterocycles. The van der Waals surface area contributed by atoms with E-state index in [2.05, 4.69) is 19.6 Å². The van der Waals surface area contributed by atoms with Gasteiger partial charge in [-0.05, 0) is 74.6 Å². The molecule has 1 nitrogen and oxygen atoms in total. The van der Waals surface area contributed by atoms with Crippen LogP contribution < -0.4 is 4.74 Å². The minimum Gasteiger partial charge on any atom is -0.493 e. The van der Waals surface area contributed by atoms with Gasteiger partial charge in [-0.3, -0.25) is 0 Å². The molecular formula is C22H34OS. The summed E-state index contributed by atoms with van der Waals surface area (Å²) >= 11 is 4.34. The second-order valence-corrected chi connectivity index (χ2v) is 8.96. The quantitative estimate of drug-likeness (QED) is 0.372. The molecule has 0 amide bonds. The van der Waals surface area contributed by atoms with E-state index in [0.717, 1.165) is 17.3 Å². The zero-order chi connectivity index (χ0) is 16.9. The number of benzene rings is 1. The number of hydrogen-bond donors (Lipinski definition) is 1. The van der Waals surface area contributed by atoms with Crippen molar-refractivity contribution in [3.63, 3.8) is 0 Å². The fourth-order valence-corrected chi connectivity index (χ4v) is 4.96. The minimum absolute atomic E-state index is 0.462. The van der Waals surface area contributed by atoms with E-state index in [1.807, 2.05) is 24.3 Å². The van der Waals surface area contributed by atoms with Crippen molar-refractivity contribution in [2.24, 2.45) is 10.8 Å². The zero-order valence-corrected chi connectivity index (χ0v) is 16.3. The predicted octanol–water partition coefficient (Wildman–Crippen LogP) is 7.06. The van der Waals surface area contributed by atoms with Crippen LogP contribution in [-0.2, 0) is 0 Å². The van der Waals surface area contributed by atoms with Crippen LogP contribution in [0.3, 0.4) is 0 Å². The van der Waals surface area contributed by atoms with Crippen LogP contribution in [0.15, 0.2) is 29.2 Å². The summed E-state index contributed by atoms with van der Waals surface area (Å²) in [6.45, 7) is 3.21. The third-order valence-corrected chi connectivity index (χ3v) is 7.05. The molecule has 24 heavy (non-hydrogen) atoms. The van der Waals surface area contributed by atoms with Crippen molar-refractivity contribution in [1.82, 2.24) is 0 Å². The van der Waals surface area contributed by atoms with Gasteiger partial charge in [-0.1, -0.05) is 39.0 Å². The lowest BCUT2D eigenvalue weighted by atomic mass is 9.53. The summed E-state index contributed by atoms with van der Waals surface area (Å²) in [4.78, 5) is 1.000. The van der Waals surface area contributed by atoms with Gasteiger partial charge in [-0.25, -0.2) is 0 Å². The molecule has 0 saturated heterocycles. The van der Waals surface area contributed by atoms with Crippen LogP contribution in [0.2, 0.25) is 0 Å². The molecule has 3 fully saturated rings. The second kappa shape index (κ2) is 8.17. The Labute approximate surface area is 154 Å². The normalized spacial score (nSPS) is 28.9. The smallest absolute Gasteiger partial charge is 0.119 e. The number of thiol groups is 1. The molecule has 134 valence electrons. The fourth-order valence-electron chi connectivity index (χ4n) is 4.81. The molecule has 3 saturated carbocycles. The van der Waals surface area contributed by atoms with Gasteiger partial charge in [0.2, 0.25) is 0 Å². The summed E-state index contributed by atoms with van der Waals surface area (Å²) < 4.78 is 6.14. The van der Waals surface area contributed by atoms with Gasteiger partial charge in [-0.2, -0.15) is 0 Å². The standard InChI is InChI=1S/C22H34OS/c1-2-3-4-5-6-11-21-12-15-22(16-13-21,17-14-21)18-23-19-7-9-20(24)10-8-19/h7-10,24H,2-6,11-18H2,1H3. The first-order chi connectivity index (χ1) is 11.7. The van der Waals surface area contributed by atoms with Crippen molar-refractivity contribution in [2.75, 3.05) is 6.61 Å². The topological polar surface area (TPSA) is 9.23 Å². The Bertz CT molecular complexity index is 483. The van der Waals surface area contributed by atoms with Gasteiger partial charge in [0.25, 0.3) is 0 Å². The number of unbranched alkanes of at least 4 members (excludes halogenated alkanes) is 4. The van der Waals surface area contributed by atoms with Gasteiger partial charge >= 0.3 is 0 Å². The van der Waals surface area contributed by atoms with E-state index in [1.165, 1.54) is 77.0 Å². The van der Waals surface area contributed by atoms with Crippen LogP contribution in [0.1, 0.15) is 84.0 Å². The van der Waals surface area contributed by atoms with Crippen molar-refractivity contribution < 1.29 is 4.74 Å². The van der Waals surface area contributed by atoms with Crippen molar-refractivity contribution in [3.05, 3.63) is 24.3 Å². The number of hydrogen-bond acceptors (Lipinski definition) is 2. The summed E-state index contributed by atoms with van der Waals surface area (Å²) in [5.74, 6) is 1.00. The first-order valence-corrected chi connectivity index (χ1v) is 10.5. The molecule has 1 aromatic rings. The van der Waals surface area contributed by atoms with Gasteiger partial charge < -0.3 is 4.74 Å². The monoisotopic (exact) mass is 346 g/mol. The Morgan fingerprint density at radius 1 is 0.833 bits per heavy atom. The third kappa shape index (κ3) is 4.50. The Morgan fingerprint density at radius 2 is 1.42 bits per heavy atom. The number of rotatable bonds is 9.